The van der Waals surface area contributed by atoms with Crippen LogP contribution in [0.2, 0.25) is 0 Å². The molecule has 1 aliphatic carbocycles. The lowest BCUT2D eigenvalue weighted by Gasteiger charge is -2.31. The number of nitrogens with two attached hydrogens (primary N) is 1. The van der Waals surface area contributed by atoms with Crippen molar-refractivity contribution < 1.29 is 0 Å². The monoisotopic (exact) mass is 305 g/mol. The molecule has 0 bridgehead atoms. The molecule has 0 atom stereocenters. The third kappa shape index (κ3) is 2.63. The highest BCUT2D eigenvalue weighted by atomic mass is 35.5. The van der Waals surface area contributed by atoms with Crippen LogP contribution in [0, 0.1) is 11.8 Å². The van der Waals surface area contributed by atoms with Crippen LogP contribution in [-0.2, 0) is 0 Å². The molecule has 1 aromatic heterocycles. The van der Waals surface area contributed by atoms with Crippen LogP contribution >= 0.6 is 11.6 Å². The highest BCUT2D eigenvalue weighted by molar-refractivity contribution is 6.18. The van der Waals surface area contributed by atoms with Gasteiger partial charge in [0.25, 0.3) is 0 Å². The molecule has 0 aromatic carbocycles. The number of nitrogens with zero attached hydrogens (tertiary/aromatic N) is 3. The van der Waals surface area contributed by atoms with Crippen LogP contribution in [0.5, 0.6) is 0 Å². The fourth-order valence-corrected chi connectivity index (χ4v) is 3.54. The van der Waals surface area contributed by atoms with Gasteiger partial charge in [-0.3, -0.25) is 10.0 Å². The van der Waals surface area contributed by atoms with Gasteiger partial charge in [0.1, 0.15) is 12.2 Å². The number of aliphatic imine (C=N–C) groups is 2. The van der Waals surface area contributed by atoms with Crippen molar-refractivity contribution in [2.45, 2.75) is 25.7 Å². The molecule has 0 radical (unpaired) electrons. The molecule has 0 saturated heterocycles. The summed E-state index contributed by atoms with van der Waals surface area (Å²) < 4.78 is 0. The van der Waals surface area contributed by atoms with Crippen LogP contribution < -0.4 is 5.84 Å². The van der Waals surface area contributed by atoms with Crippen molar-refractivity contribution in [1.29, 1.82) is 0 Å². The van der Waals surface area contributed by atoms with Crippen molar-refractivity contribution in [3.05, 3.63) is 23.5 Å². The molecule has 3 N–H and O–H groups in total. The second kappa shape index (κ2) is 6.03. The van der Waals surface area contributed by atoms with Crippen molar-refractivity contribution in [1.82, 2.24) is 9.99 Å². The van der Waals surface area contributed by atoms with Gasteiger partial charge in [-0.15, -0.1) is 11.6 Å². The molecule has 6 heteroatoms. The highest BCUT2D eigenvalue weighted by Gasteiger charge is 2.29. The Morgan fingerprint density at radius 2 is 2.24 bits per heavy atom. The Morgan fingerprint density at radius 1 is 1.48 bits per heavy atom. The summed E-state index contributed by atoms with van der Waals surface area (Å²) in [6.07, 6.45) is 7.92. The summed E-state index contributed by atoms with van der Waals surface area (Å²) in [5, 5.41) is 1.55. The molecule has 1 aliphatic heterocycles. The number of hydrogen-bond acceptors (Lipinski definition) is 4. The van der Waals surface area contributed by atoms with Crippen LogP contribution in [-0.4, -0.2) is 28.9 Å². The van der Waals surface area contributed by atoms with E-state index in [1.807, 2.05) is 12.3 Å². The van der Waals surface area contributed by atoms with E-state index in [2.05, 4.69) is 21.7 Å². The number of halogens is 1. The molecule has 1 aromatic rings. The number of aromatic amines is 1. The van der Waals surface area contributed by atoms with Gasteiger partial charge in [0.2, 0.25) is 0 Å². The molecule has 21 heavy (non-hydrogen) atoms. The van der Waals surface area contributed by atoms with E-state index in [9.17, 15) is 0 Å². The molecule has 0 unspecified atom stereocenters. The van der Waals surface area contributed by atoms with Crippen LogP contribution in [0.1, 0.15) is 31.2 Å². The molecule has 1 fully saturated rings. The Hall–Kier alpha value is -1.59. The number of allylic oxidation sites excluding steroid dienone is 1. The van der Waals surface area contributed by atoms with Gasteiger partial charge in [0.15, 0.2) is 0 Å². The number of hydrogen-bond donors (Lipinski definition) is 2. The first-order valence-corrected chi connectivity index (χ1v) is 7.80. The summed E-state index contributed by atoms with van der Waals surface area (Å²) in [4.78, 5) is 11.7. The lowest BCUT2D eigenvalue weighted by atomic mass is 9.80. The lowest BCUT2D eigenvalue weighted by Crippen LogP contribution is -2.31. The van der Waals surface area contributed by atoms with Gasteiger partial charge in [-0.25, -0.2) is 10.8 Å². The average molecular weight is 306 g/mol. The fraction of sp³-hybridized carbons (Fsp3) is 0.467. The molecule has 0 amide bonds. The number of nitrogens with one attached hydrogen (secondary N) is 1. The summed E-state index contributed by atoms with van der Waals surface area (Å²) in [6.45, 7) is 3.77. The number of fused-ring (bicyclic) bond motifs is 1. The van der Waals surface area contributed by atoms with E-state index in [0.29, 0.717) is 11.8 Å². The zero-order valence-electron chi connectivity index (χ0n) is 11.9. The van der Waals surface area contributed by atoms with E-state index >= 15 is 0 Å². The second-order valence-corrected chi connectivity index (χ2v) is 5.96. The summed E-state index contributed by atoms with van der Waals surface area (Å²) >= 11 is 5.97. The quantitative estimate of drug-likeness (QED) is 0.511. The van der Waals surface area contributed by atoms with Gasteiger partial charge in [-0.2, -0.15) is 0 Å². The SMILES string of the molecule is C=N/C(=C1/c2cc[nH]c2N=CN1N)[C@H]1CC[C@H](CCl)CC1. The number of H-pyrrole nitrogens is 1. The minimum absolute atomic E-state index is 0.386. The molecular weight excluding hydrogens is 286 g/mol. The Morgan fingerprint density at radius 3 is 2.90 bits per heavy atom. The van der Waals surface area contributed by atoms with Gasteiger partial charge in [-0.1, -0.05) is 0 Å². The third-order valence-electron chi connectivity index (χ3n) is 4.41. The summed E-state index contributed by atoms with van der Waals surface area (Å²) in [5.74, 6) is 8.68. The maximum Gasteiger partial charge on any atom is 0.141 e. The van der Waals surface area contributed by atoms with Gasteiger partial charge in [0.05, 0.1) is 11.4 Å². The first kappa shape index (κ1) is 14.4. The van der Waals surface area contributed by atoms with E-state index in [4.69, 9.17) is 17.4 Å². The van der Waals surface area contributed by atoms with Crippen molar-refractivity contribution in [2.75, 3.05) is 5.88 Å². The summed E-state index contributed by atoms with van der Waals surface area (Å²) in [7, 11) is 0. The smallest absolute Gasteiger partial charge is 0.141 e. The Kier molecular flexibility index (Phi) is 4.12. The second-order valence-electron chi connectivity index (χ2n) is 5.66. The van der Waals surface area contributed by atoms with E-state index in [1.165, 1.54) is 0 Å². The topological polar surface area (TPSA) is 69.8 Å². The minimum atomic E-state index is 0.386. The Bertz CT molecular complexity index is 581. The first-order chi connectivity index (χ1) is 10.2. The molecule has 1 saturated carbocycles. The molecule has 0 spiro atoms. The molecular formula is C15H20ClN5. The van der Waals surface area contributed by atoms with Crippen molar-refractivity contribution in [2.24, 2.45) is 27.7 Å². The normalized spacial score (nSPS) is 27.4. The maximum absolute atomic E-state index is 6.09. The zero-order valence-corrected chi connectivity index (χ0v) is 12.7. The Labute approximate surface area is 129 Å². The average Bonchev–Trinajstić information content (AvgIpc) is 2.99. The summed E-state index contributed by atoms with van der Waals surface area (Å²) in [5.41, 5.74) is 2.87. The molecule has 2 aliphatic rings. The van der Waals surface area contributed by atoms with E-state index in [0.717, 1.165) is 54.3 Å². The van der Waals surface area contributed by atoms with E-state index in [1.54, 1.807) is 11.3 Å². The fourth-order valence-electron chi connectivity index (χ4n) is 3.23. The Balaban J connectivity index is 1.95. The van der Waals surface area contributed by atoms with Crippen molar-refractivity contribution >= 4 is 36.2 Å². The van der Waals surface area contributed by atoms with Crippen LogP contribution in [0.25, 0.3) is 5.70 Å². The van der Waals surface area contributed by atoms with Crippen molar-refractivity contribution in [3.63, 3.8) is 0 Å². The zero-order chi connectivity index (χ0) is 14.8. The van der Waals surface area contributed by atoms with Crippen molar-refractivity contribution in [3.8, 4) is 0 Å². The van der Waals surface area contributed by atoms with Gasteiger partial charge >= 0.3 is 0 Å². The summed E-state index contributed by atoms with van der Waals surface area (Å²) in [6, 6.07) is 1.98. The number of hydrazine groups is 1. The molecule has 2 heterocycles. The number of alkyl halides is 1. The standard InChI is InChI=1S/C15H20ClN5/c1-18-13(11-4-2-10(8-16)3-5-11)14-12-6-7-19-15(12)20-9-21(14)17/h6-7,9-11,19H,1-5,8,17H2/b14-13-/t10-,11-. The number of aromatic nitrogens is 1. The molecule has 3 rings (SSSR count). The maximum atomic E-state index is 6.09. The van der Waals surface area contributed by atoms with E-state index < -0.39 is 0 Å². The van der Waals surface area contributed by atoms with E-state index in [-0.39, 0.29) is 0 Å². The highest BCUT2D eigenvalue weighted by Crippen LogP contribution is 2.40. The predicted molar refractivity (Wildman–Crippen MR) is 87.6 cm³/mol. The number of rotatable bonds is 3. The third-order valence-corrected chi connectivity index (χ3v) is 4.85. The van der Waals surface area contributed by atoms with Crippen LogP contribution in [0.15, 0.2) is 27.9 Å². The minimum Gasteiger partial charge on any atom is -0.346 e. The van der Waals surface area contributed by atoms with Crippen LogP contribution in [0.4, 0.5) is 5.82 Å². The van der Waals surface area contributed by atoms with Gasteiger partial charge in [0, 0.05) is 23.6 Å². The van der Waals surface area contributed by atoms with Gasteiger partial charge < -0.3 is 4.98 Å². The van der Waals surface area contributed by atoms with Crippen LogP contribution in [0.3, 0.4) is 0 Å². The first-order valence-electron chi connectivity index (χ1n) is 7.27. The molecule has 112 valence electrons. The lowest BCUT2D eigenvalue weighted by molar-refractivity contribution is 0.321. The largest absolute Gasteiger partial charge is 0.346 e. The predicted octanol–water partition coefficient (Wildman–Crippen LogP) is 3.28. The van der Waals surface area contributed by atoms with Gasteiger partial charge in [-0.05, 0) is 44.4 Å². The molecule has 5 nitrogen and oxygen atoms in total.